The van der Waals surface area contributed by atoms with Gasteiger partial charge >= 0.3 is 0 Å². The Bertz CT molecular complexity index is 1070. The predicted molar refractivity (Wildman–Crippen MR) is 109 cm³/mol. The molecule has 1 atom stereocenters. The maximum absolute atomic E-state index is 12.9. The number of nitrogens with zero attached hydrogens (tertiary/aromatic N) is 1. The van der Waals surface area contributed by atoms with E-state index in [0.717, 1.165) is 16.7 Å². The van der Waals surface area contributed by atoms with Crippen molar-refractivity contribution in [2.75, 3.05) is 0 Å². The first kappa shape index (κ1) is 19.4. The van der Waals surface area contributed by atoms with Gasteiger partial charge in [-0.25, -0.2) is 0 Å². The Balaban J connectivity index is 1.51. The first-order valence-corrected chi connectivity index (χ1v) is 9.61. The minimum Gasteiger partial charge on any atom is -0.459 e. The maximum Gasteiger partial charge on any atom is 0.290 e. The van der Waals surface area contributed by atoms with Crippen LogP contribution in [0, 0.1) is 6.92 Å². The third kappa shape index (κ3) is 3.96. The molecule has 2 N–H and O–H groups in total. The van der Waals surface area contributed by atoms with Gasteiger partial charge < -0.3 is 9.32 Å². The molecule has 3 amide bonds. The van der Waals surface area contributed by atoms with Gasteiger partial charge in [-0.2, -0.15) is 0 Å². The predicted octanol–water partition coefficient (Wildman–Crippen LogP) is 2.62. The number of carbonyl (C=O) groups is 3. The second-order valence-electron chi connectivity index (χ2n) is 7.21. The van der Waals surface area contributed by atoms with Gasteiger partial charge in [-0.3, -0.25) is 25.2 Å². The van der Waals surface area contributed by atoms with E-state index >= 15 is 0 Å². The van der Waals surface area contributed by atoms with Crippen LogP contribution < -0.4 is 10.9 Å². The van der Waals surface area contributed by atoms with E-state index in [-0.39, 0.29) is 18.2 Å². The van der Waals surface area contributed by atoms with Crippen LogP contribution >= 0.6 is 0 Å². The third-order valence-electron chi connectivity index (χ3n) is 5.16. The Hall–Kier alpha value is -3.87. The molecule has 30 heavy (non-hydrogen) atoms. The molecule has 3 aromatic rings. The third-order valence-corrected chi connectivity index (χ3v) is 5.16. The molecule has 7 heteroatoms. The fraction of sp³-hybridized carbons (Fsp3) is 0.174. The number of aryl methyl sites for hydroxylation is 1. The zero-order valence-corrected chi connectivity index (χ0v) is 16.4. The Kier molecular flexibility index (Phi) is 5.34. The number of nitrogens with one attached hydrogen (secondary N) is 2. The summed E-state index contributed by atoms with van der Waals surface area (Å²) in [5.41, 5.74) is 8.33. The number of benzene rings is 2. The van der Waals surface area contributed by atoms with E-state index in [2.05, 4.69) is 10.9 Å². The minimum absolute atomic E-state index is 0.163. The molecule has 0 saturated heterocycles. The highest BCUT2D eigenvalue weighted by Gasteiger charge is 2.36. The van der Waals surface area contributed by atoms with E-state index in [4.69, 9.17) is 4.42 Å². The molecule has 1 aromatic heterocycles. The zero-order valence-electron chi connectivity index (χ0n) is 16.4. The molecule has 4 rings (SSSR count). The minimum atomic E-state index is -0.782. The topological polar surface area (TPSA) is 91.7 Å². The van der Waals surface area contributed by atoms with Crippen LogP contribution in [-0.4, -0.2) is 28.7 Å². The van der Waals surface area contributed by atoms with Crippen molar-refractivity contribution in [2.45, 2.75) is 25.9 Å². The van der Waals surface area contributed by atoms with Crippen molar-refractivity contribution < 1.29 is 18.8 Å². The fourth-order valence-corrected chi connectivity index (χ4v) is 3.49. The summed E-state index contributed by atoms with van der Waals surface area (Å²) in [6.45, 7) is 2.20. The monoisotopic (exact) mass is 403 g/mol. The van der Waals surface area contributed by atoms with E-state index in [1.807, 2.05) is 43.3 Å². The molecule has 2 heterocycles. The van der Waals surface area contributed by atoms with Crippen LogP contribution in [0.3, 0.4) is 0 Å². The number of fused-ring (bicyclic) bond motifs is 1. The molecule has 152 valence electrons. The number of furan rings is 1. The summed E-state index contributed by atoms with van der Waals surface area (Å²) < 4.78 is 5.24. The summed E-state index contributed by atoms with van der Waals surface area (Å²) in [6, 6.07) is 17.1. The average Bonchev–Trinajstić information content (AvgIpc) is 3.31. The van der Waals surface area contributed by atoms with Crippen LogP contribution in [0.25, 0.3) is 0 Å². The van der Waals surface area contributed by atoms with Gasteiger partial charge in [-0.05, 0) is 42.3 Å². The summed E-state index contributed by atoms with van der Waals surface area (Å²) in [5.74, 6) is -1.11. The molecule has 1 unspecified atom stereocenters. The van der Waals surface area contributed by atoms with Crippen LogP contribution in [0.4, 0.5) is 0 Å². The number of hydrazine groups is 1. The van der Waals surface area contributed by atoms with Crippen molar-refractivity contribution in [2.24, 2.45) is 0 Å². The maximum atomic E-state index is 12.9. The SMILES string of the molecule is Cc1ccc(C(=O)NNC(=O)C2Cc3ccccc3CN2C(=O)c2ccco2)cc1. The van der Waals surface area contributed by atoms with Crippen molar-refractivity contribution >= 4 is 17.7 Å². The summed E-state index contributed by atoms with van der Waals surface area (Å²) in [6.07, 6.45) is 1.76. The smallest absolute Gasteiger partial charge is 0.290 e. The number of hydrogen-bond acceptors (Lipinski definition) is 4. The largest absolute Gasteiger partial charge is 0.459 e. The number of amides is 3. The molecule has 0 bridgehead atoms. The quantitative estimate of drug-likeness (QED) is 0.658. The highest BCUT2D eigenvalue weighted by molar-refractivity contribution is 5.98. The Morgan fingerprint density at radius 3 is 2.37 bits per heavy atom. The lowest BCUT2D eigenvalue weighted by atomic mass is 9.93. The Morgan fingerprint density at radius 1 is 0.933 bits per heavy atom. The van der Waals surface area contributed by atoms with E-state index in [1.165, 1.54) is 11.2 Å². The second-order valence-corrected chi connectivity index (χ2v) is 7.21. The zero-order chi connectivity index (χ0) is 21.1. The average molecular weight is 403 g/mol. The highest BCUT2D eigenvalue weighted by Crippen LogP contribution is 2.25. The van der Waals surface area contributed by atoms with Crippen LogP contribution in [0.2, 0.25) is 0 Å². The van der Waals surface area contributed by atoms with Crippen molar-refractivity contribution in [3.8, 4) is 0 Å². The molecule has 1 aliphatic heterocycles. The lowest BCUT2D eigenvalue weighted by Crippen LogP contribution is -2.56. The summed E-state index contributed by atoms with van der Waals surface area (Å²) in [7, 11) is 0. The van der Waals surface area contributed by atoms with Crippen molar-refractivity contribution in [3.05, 3.63) is 94.9 Å². The number of rotatable bonds is 3. The van der Waals surface area contributed by atoms with E-state index in [1.54, 1.807) is 24.3 Å². The number of hydrogen-bond donors (Lipinski definition) is 2. The van der Waals surface area contributed by atoms with Gasteiger partial charge in [0.05, 0.1) is 6.26 Å². The highest BCUT2D eigenvalue weighted by atomic mass is 16.3. The van der Waals surface area contributed by atoms with Gasteiger partial charge in [0, 0.05) is 18.5 Å². The molecule has 0 fully saturated rings. The van der Waals surface area contributed by atoms with Crippen molar-refractivity contribution in [3.63, 3.8) is 0 Å². The van der Waals surface area contributed by atoms with Gasteiger partial charge in [-0.15, -0.1) is 0 Å². The normalized spacial score (nSPS) is 15.2. The molecule has 0 aliphatic carbocycles. The summed E-state index contributed by atoms with van der Waals surface area (Å²) in [4.78, 5) is 39.7. The number of carbonyl (C=O) groups excluding carboxylic acids is 3. The first-order chi connectivity index (χ1) is 14.5. The molecule has 0 spiro atoms. The van der Waals surface area contributed by atoms with Crippen LogP contribution in [0.15, 0.2) is 71.3 Å². The Labute approximate surface area is 173 Å². The van der Waals surface area contributed by atoms with Crippen LogP contribution in [-0.2, 0) is 17.8 Å². The van der Waals surface area contributed by atoms with Gasteiger partial charge in [0.1, 0.15) is 6.04 Å². The van der Waals surface area contributed by atoms with Gasteiger partial charge in [-0.1, -0.05) is 42.0 Å². The molecule has 2 aromatic carbocycles. The van der Waals surface area contributed by atoms with Crippen LogP contribution in [0.5, 0.6) is 0 Å². The lowest BCUT2D eigenvalue weighted by Gasteiger charge is -2.35. The molecular formula is C23H21N3O4. The molecule has 7 nitrogen and oxygen atoms in total. The van der Waals surface area contributed by atoms with E-state index in [9.17, 15) is 14.4 Å². The van der Waals surface area contributed by atoms with E-state index < -0.39 is 17.9 Å². The molecule has 0 saturated carbocycles. The Morgan fingerprint density at radius 2 is 1.67 bits per heavy atom. The van der Waals surface area contributed by atoms with Gasteiger partial charge in [0.15, 0.2) is 5.76 Å². The second kappa shape index (κ2) is 8.24. The molecule has 0 radical (unpaired) electrons. The van der Waals surface area contributed by atoms with Gasteiger partial charge in [0.25, 0.3) is 17.7 Å². The molecular weight excluding hydrogens is 382 g/mol. The van der Waals surface area contributed by atoms with Crippen molar-refractivity contribution in [1.29, 1.82) is 0 Å². The van der Waals surface area contributed by atoms with Crippen molar-refractivity contribution in [1.82, 2.24) is 15.8 Å². The lowest BCUT2D eigenvalue weighted by molar-refractivity contribution is -0.127. The summed E-state index contributed by atoms with van der Waals surface area (Å²) in [5, 5.41) is 0. The standard InChI is InChI=1S/C23H21N3O4/c1-15-8-10-16(11-9-15)21(27)24-25-22(28)19-13-17-5-2-3-6-18(17)14-26(19)23(29)20-7-4-12-30-20/h2-12,19H,13-14H2,1H3,(H,24,27)(H,25,28). The summed E-state index contributed by atoms with van der Waals surface area (Å²) >= 11 is 0. The fourth-order valence-electron chi connectivity index (χ4n) is 3.49. The molecule has 1 aliphatic rings. The van der Waals surface area contributed by atoms with Crippen LogP contribution in [0.1, 0.15) is 37.6 Å². The van der Waals surface area contributed by atoms with Gasteiger partial charge in [0.2, 0.25) is 0 Å². The van der Waals surface area contributed by atoms with E-state index in [0.29, 0.717) is 12.0 Å². The first-order valence-electron chi connectivity index (χ1n) is 9.61.